The third-order valence-electron chi connectivity index (χ3n) is 8.07. The molecule has 6 heteroatoms. The molecule has 6 nitrogen and oxygen atoms in total. The molecule has 0 saturated carbocycles. The van der Waals surface area contributed by atoms with Gasteiger partial charge in [0, 0.05) is 0 Å². The largest absolute Gasteiger partial charge is 0.485 e. The molecule has 3 aromatic carbocycles. The van der Waals surface area contributed by atoms with Crippen molar-refractivity contribution in [3.8, 4) is 22.6 Å². The van der Waals surface area contributed by atoms with Crippen LogP contribution in [0.3, 0.4) is 0 Å². The molecule has 0 unspecified atom stereocenters. The van der Waals surface area contributed by atoms with E-state index in [1.165, 1.54) is 0 Å². The summed E-state index contributed by atoms with van der Waals surface area (Å²) in [5, 5.41) is 9.79. The number of aryl methyl sites for hydroxylation is 4. The van der Waals surface area contributed by atoms with Crippen molar-refractivity contribution in [3.63, 3.8) is 0 Å². The van der Waals surface area contributed by atoms with Gasteiger partial charge in [0.15, 0.2) is 0 Å². The molecule has 0 heterocycles. The van der Waals surface area contributed by atoms with Crippen LogP contribution in [0.5, 0.6) is 11.5 Å². The van der Waals surface area contributed by atoms with Gasteiger partial charge in [-0.3, -0.25) is 0 Å². The van der Waals surface area contributed by atoms with Crippen molar-refractivity contribution in [1.82, 2.24) is 0 Å². The van der Waals surface area contributed by atoms with Gasteiger partial charge in [0.25, 0.3) is 0 Å². The van der Waals surface area contributed by atoms with Gasteiger partial charge in [-0.1, -0.05) is 20.8 Å². The maximum absolute atomic E-state index is 13.0. The van der Waals surface area contributed by atoms with E-state index in [1.54, 1.807) is 24.3 Å². The Morgan fingerprint density at radius 2 is 1.05 bits per heavy atom. The summed E-state index contributed by atoms with van der Waals surface area (Å²) in [7, 11) is 0. The number of ether oxygens (including phenoxy) is 3. The second-order valence-electron chi connectivity index (χ2n) is 11.5. The maximum atomic E-state index is 13.0. The van der Waals surface area contributed by atoms with E-state index in [4.69, 9.17) is 14.2 Å². The number of benzene rings is 3. The molecule has 220 valence electrons. The Bertz CT molecular complexity index is 1350. The number of hydrogen-bond donors (Lipinski definition) is 1. The number of carbonyl (C=O) groups is 2. The second kappa shape index (κ2) is 12.9. The first-order valence-electron chi connectivity index (χ1n) is 14.4. The molecule has 1 atom stereocenters. The van der Waals surface area contributed by atoms with Crippen molar-refractivity contribution in [1.29, 1.82) is 0 Å². The number of hydrogen-bond acceptors (Lipinski definition) is 6. The van der Waals surface area contributed by atoms with Crippen LogP contribution in [0.4, 0.5) is 0 Å². The first-order chi connectivity index (χ1) is 19.3. The third kappa shape index (κ3) is 7.36. The van der Waals surface area contributed by atoms with Gasteiger partial charge in [0.2, 0.25) is 0 Å². The fourth-order valence-electron chi connectivity index (χ4n) is 4.59. The van der Waals surface area contributed by atoms with Gasteiger partial charge in [-0.05, 0) is 143 Å². The van der Waals surface area contributed by atoms with Crippen LogP contribution in [0.2, 0.25) is 0 Å². The molecule has 3 rings (SSSR count). The molecule has 0 aliphatic rings. The van der Waals surface area contributed by atoms with E-state index in [1.807, 2.05) is 74.4 Å². The first kappa shape index (κ1) is 31.9. The number of esters is 2. The van der Waals surface area contributed by atoms with Gasteiger partial charge >= 0.3 is 11.9 Å². The van der Waals surface area contributed by atoms with Crippen LogP contribution in [0.25, 0.3) is 11.1 Å². The summed E-state index contributed by atoms with van der Waals surface area (Å²) in [6, 6.07) is 14.5. The van der Waals surface area contributed by atoms with E-state index in [-0.39, 0.29) is 6.61 Å². The minimum Gasteiger partial charge on any atom is -0.485 e. The molecule has 0 fully saturated rings. The maximum Gasteiger partial charge on any atom is 0.343 e. The standard InChI is InChI=1S/C35H44O6/c1-10-34(8,11-2)41-33(38)27-15-13-26(14-16-27)32(37)39-30-22(4)17-28(18-23(30)5)29-19-24(6)31(25(7)20-29)40-35(9,12-3)21-36/h13-20,36H,10-12,21H2,1-9H3/t35-/m0/s1. The average Bonchev–Trinajstić information content (AvgIpc) is 2.96. The number of aliphatic hydroxyl groups is 1. The Labute approximate surface area is 244 Å². The normalized spacial score (nSPS) is 12.9. The van der Waals surface area contributed by atoms with Crippen molar-refractivity contribution >= 4 is 11.9 Å². The number of carbonyl (C=O) groups excluding carboxylic acids is 2. The highest BCUT2D eigenvalue weighted by atomic mass is 16.6. The Morgan fingerprint density at radius 3 is 1.44 bits per heavy atom. The Hall–Kier alpha value is -3.64. The van der Waals surface area contributed by atoms with Gasteiger partial charge in [0.05, 0.1) is 17.7 Å². The summed E-state index contributed by atoms with van der Waals surface area (Å²) in [6.45, 7) is 17.6. The zero-order valence-electron chi connectivity index (χ0n) is 25.9. The molecule has 0 aliphatic carbocycles. The highest BCUT2D eigenvalue weighted by molar-refractivity contribution is 5.94. The lowest BCUT2D eigenvalue weighted by Crippen LogP contribution is -2.36. The van der Waals surface area contributed by atoms with Gasteiger partial charge < -0.3 is 19.3 Å². The fraction of sp³-hybridized carbons (Fsp3) is 0.429. The van der Waals surface area contributed by atoms with Crippen LogP contribution in [-0.2, 0) is 4.74 Å². The number of rotatable bonds is 11. The van der Waals surface area contributed by atoms with Gasteiger partial charge in [-0.2, -0.15) is 0 Å². The SMILES string of the molecule is CCC(C)(CC)OC(=O)c1ccc(C(=O)Oc2c(C)cc(-c3cc(C)c(O[C@@](C)(CC)CO)c(C)c3)cc2C)cc1. The Morgan fingerprint density at radius 1 is 0.659 bits per heavy atom. The first-order valence-corrected chi connectivity index (χ1v) is 14.4. The van der Waals surface area contributed by atoms with Gasteiger partial charge in [-0.25, -0.2) is 9.59 Å². The molecule has 41 heavy (non-hydrogen) atoms. The molecule has 0 aliphatic heterocycles. The molecular formula is C35H44O6. The molecule has 0 radical (unpaired) electrons. The van der Waals surface area contributed by atoms with Crippen molar-refractivity contribution < 1.29 is 28.9 Å². The van der Waals surface area contributed by atoms with Crippen LogP contribution >= 0.6 is 0 Å². The number of aliphatic hydroxyl groups excluding tert-OH is 1. The van der Waals surface area contributed by atoms with Crippen LogP contribution in [0.1, 0.15) is 96.9 Å². The molecule has 0 aromatic heterocycles. The molecule has 0 saturated heterocycles. The predicted octanol–water partition coefficient (Wildman–Crippen LogP) is 8.08. The van der Waals surface area contributed by atoms with Crippen molar-refractivity contribution in [3.05, 3.63) is 81.9 Å². The molecule has 0 spiro atoms. The van der Waals surface area contributed by atoms with Crippen LogP contribution in [0, 0.1) is 27.7 Å². The lowest BCUT2D eigenvalue weighted by Gasteiger charge is -2.29. The average molecular weight is 561 g/mol. The molecular weight excluding hydrogens is 516 g/mol. The van der Waals surface area contributed by atoms with E-state index in [0.717, 1.165) is 52.0 Å². The summed E-state index contributed by atoms with van der Waals surface area (Å²) in [6.07, 6.45) is 2.13. The van der Waals surface area contributed by atoms with E-state index < -0.39 is 23.1 Å². The zero-order valence-corrected chi connectivity index (χ0v) is 25.9. The quantitative estimate of drug-likeness (QED) is 0.189. The van der Waals surface area contributed by atoms with E-state index in [2.05, 4.69) is 12.1 Å². The van der Waals surface area contributed by atoms with E-state index >= 15 is 0 Å². The minimum absolute atomic E-state index is 0.0587. The fourth-order valence-corrected chi connectivity index (χ4v) is 4.59. The second-order valence-corrected chi connectivity index (χ2v) is 11.5. The predicted molar refractivity (Wildman–Crippen MR) is 163 cm³/mol. The monoisotopic (exact) mass is 560 g/mol. The summed E-state index contributed by atoms with van der Waals surface area (Å²) in [5.41, 5.74) is 5.27. The summed E-state index contributed by atoms with van der Waals surface area (Å²) in [5.74, 6) is 0.400. The molecule has 0 bridgehead atoms. The van der Waals surface area contributed by atoms with Gasteiger partial charge in [0.1, 0.15) is 22.7 Å². The minimum atomic E-state index is -0.634. The Kier molecular flexibility index (Phi) is 10.0. The third-order valence-corrected chi connectivity index (χ3v) is 8.07. The van der Waals surface area contributed by atoms with Crippen LogP contribution in [0.15, 0.2) is 48.5 Å². The van der Waals surface area contributed by atoms with Gasteiger partial charge in [-0.15, -0.1) is 0 Å². The van der Waals surface area contributed by atoms with E-state index in [9.17, 15) is 14.7 Å². The summed E-state index contributed by atoms with van der Waals surface area (Å²) in [4.78, 5) is 25.6. The van der Waals surface area contributed by atoms with Crippen LogP contribution < -0.4 is 9.47 Å². The molecule has 3 aromatic rings. The molecule has 1 N–H and O–H groups in total. The lowest BCUT2D eigenvalue weighted by molar-refractivity contribution is -0.0131. The van der Waals surface area contributed by atoms with Crippen molar-refractivity contribution in [2.45, 2.75) is 92.8 Å². The highest BCUT2D eigenvalue weighted by Crippen LogP contribution is 2.36. The smallest absolute Gasteiger partial charge is 0.343 e. The van der Waals surface area contributed by atoms with Crippen LogP contribution in [-0.4, -0.2) is 34.9 Å². The highest BCUT2D eigenvalue weighted by Gasteiger charge is 2.26. The van der Waals surface area contributed by atoms with Crippen molar-refractivity contribution in [2.75, 3.05) is 6.61 Å². The molecule has 0 amide bonds. The topological polar surface area (TPSA) is 82.1 Å². The Balaban J connectivity index is 1.80. The lowest BCUT2D eigenvalue weighted by atomic mass is 9.96. The zero-order chi connectivity index (χ0) is 30.5. The van der Waals surface area contributed by atoms with E-state index in [0.29, 0.717) is 23.3 Å². The summed E-state index contributed by atoms with van der Waals surface area (Å²) >= 11 is 0. The summed E-state index contributed by atoms with van der Waals surface area (Å²) < 4.78 is 17.7. The van der Waals surface area contributed by atoms with Crippen molar-refractivity contribution in [2.24, 2.45) is 0 Å².